The Hall–Kier alpha value is -3.27. The van der Waals surface area contributed by atoms with E-state index in [1.54, 1.807) is 18.2 Å². The van der Waals surface area contributed by atoms with E-state index in [2.05, 4.69) is 15.2 Å². The quantitative estimate of drug-likeness (QED) is 0.207. The highest BCUT2D eigenvalue weighted by atomic mass is 32.2. The van der Waals surface area contributed by atoms with Crippen LogP contribution >= 0.6 is 11.3 Å². The van der Waals surface area contributed by atoms with Gasteiger partial charge in [0.05, 0.1) is 5.69 Å². The van der Waals surface area contributed by atoms with Crippen molar-refractivity contribution in [2.45, 2.75) is 36.9 Å². The molecule has 2 aromatic heterocycles. The van der Waals surface area contributed by atoms with Crippen LogP contribution in [0.3, 0.4) is 0 Å². The van der Waals surface area contributed by atoms with E-state index >= 15 is 0 Å². The standard InChI is InChI=1S/C27H26FN3O3S2/c1-18-8-11-26-20(13-18)15-27(35-26)36(32,33)31-22-6-4-5-19(14-22)17-29-12-3-2-7-24-23-10-9-21(28)16-25(23)34-30-24/h4-6,8-11,13-16,29,31H,2-3,7,12,17H2,1H3. The number of aryl methyl sites for hydroxylation is 2. The Balaban J connectivity index is 1.12. The molecule has 0 atom stereocenters. The number of anilines is 1. The smallest absolute Gasteiger partial charge is 0.271 e. The van der Waals surface area contributed by atoms with Crippen molar-refractivity contribution < 1.29 is 17.3 Å². The summed E-state index contributed by atoms with van der Waals surface area (Å²) in [6.45, 7) is 3.43. The number of hydrogen-bond acceptors (Lipinski definition) is 6. The van der Waals surface area contributed by atoms with Crippen molar-refractivity contribution in [1.29, 1.82) is 0 Å². The average molecular weight is 524 g/mol. The number of hydrogen-bond donors (Lipinski definition) is 2. The third kappa shape index (κ3) is 5.59. The van der Waals surface area contributed by atoms with Gasteiger partial charge in [-0.3, -0.25) is 4.72 Å². The first-order valence-corrected chi connectivity index (χ1v) is 14.0. The number of aromatic nitrogens is 1. The lowest BCUT2D eigenvalue weighted by Gasteiger charge is -2.09. The number of sulfonamides is 1. The van der Waals surface area contributed by atoms with Gasteiger partial charge < -0.3 is 9.84 Å². The Morgan fingerprint density at radius 1 is 1.03 bits per heavy atom. The number of halogens is 1. The molecule has 186 valence electrons. The summed E-state index contributed by atoms with van der Waals surface area (Å²) < 4.78 is 48.3. The van der Waals surface area contributed by atoms with Gasteiger partial charge >= 0.3 is 0 Å². The highest BCUT2D eigenvalue weighted by Crippen LogP contribution is 2.31. The molecule has 0 radical (unpaired) electrons. The van der Waals surface area contributed by atoms with Crippen LogP contribution in [0.4, 0.5) is 10.1 Å². The number of rotatable bonds is 10. The SMILES string of the molecule is Cc1ccc2sc(S(=O)(=O)Nc3cccc(CNCCCCc4noc5cc(F)ccc45)c3)cc2c1. The molecular weight excluding hydrogens is 497 g/mol. The molecular formula is C27H26FN3O3S2. The van der Waals surface area contributed by atoms with Crippen LogP contribution in [-0.4, -0.2) is 20.1 Å². The van der Waals surface area contributed by atoms with Gasteiger partial charge in [0.1, 0.15) is 10.0 Å². The summed E-state index contributed by atoms with van der Waals surface area (Å²) >= 11 is 1.27. The molecule has 36 heavy (non-hydrogen) atoms. The van der Waals surface area contributed by atoms with Crippen molar-refractivity contribution in [3.05, 3.63) is 89.4 Å². The Labute approximate surface area is 213 Å². The second-order valence-corrected chi connectivity index (χ2v) is 11.8. The Kier molecular flexibility index (Phi) is 7.04. The van der Waals surface area contributed by atoms with Gasteiger partial charge in [0, 0.05) is 28.4 Å². The molecule has 2 heterocycles. The summed E-state index contributed by atoms with van der Waals surface area (Å²) in [4.78, 5) is 0. The van der Waals surface area contributed by atoms with Crippen LogP contribution in [0.5, 0.6) is 0 Å². The predicted octanol–water partition coefficient (Wildman–Crippen LogP) is 6.40. The van der Waals surface area contributed by atoms with E-state index in [-0.39, 0.29) is 5.82 Å². The second-order valence-electron chi connectivity index (χ2n) is 8.82. The largest absolute Gasteiger partial charge is 0.356 e. The monoisotopic (exact) mass is 523 g/mol. The van der Waals surface area contributed by atoms with Crippen molar-refractivity contribution in [2.24, 2.45) is 0 Å². The number of fused-ring (bicyclic) bond motifs is 2. The van der Waals surface area contributed by atoms with E-state index < -0.39 is 10.0 Å². The van der Waals surface area contributed by atoms with Gasteiger partial charge in [-0.25, -0.2) is 12.8 Å². The summed E-state index contributed by atoms with van der Waals surface area (Å²) in [6, 6.07) is 19.6. The summed E-state index contributed by atoms with van der Waals surface area (Å²) in [6.07, 6.45) is 2.61. The normalized spacial score (nSPS) is 11.9. The molecule has 0 aliphatic carbocycles. The van der Waals surface area contributed by atoms with Gasteiger partial charge in [0.25, 0.3) is 10.0 Å². The fourth-order valence-corrected chi connectivity index (χ4v) is 6.57. The molecule has 0 spiro atoms. The van der Waals surface area contributed by atoms with Crippen LogP contribution in [0.15, 0.2) is 75.5 Å². The third-order valence-corrected chi connectivity index (χ3v) is 8.92. The lowest BCUT2D eigenvalue weighted by atomic mass is 10.1. The van der Waals surface area contributed by atoms with Gasteiger partial charge in [0.2, 0.25) is 0 Å². The molecule has 3 aromatic carbocycles. The van der Waals surface area contributed by atoms with Crippen molar-refractivity contribution in [3.8, 4) is 0 Å². The zero-order chi connectivity index (χ0) is 25.1. The molecule has 0 bridgehead atoms. The van der Waals surface area contributed by atoms with E-state index in [4.69, 9.17) is 4.52 Å². The van der Waals surface area contributed by atoms with Crippen molar-refractivity contribution in [2.75, 3.05) is 11.3 Å². The molecule has 0 saturated carbocycles. The summed E-state index contributed by atoms with van der Waals surface area (Å²) in [7, 11) is -3.66. The highest BCUT2D eigenvalue weighted by Gasteiger charge is 2.18. The Morgan fingerprint density at radius 2 is 1.92 bits per heavy atom. The molecule has 5 rings (SSSR count). The first-order chi connectivity index (χ1) is 17.4. The number of nitrogens with one attached hydrogen (secondary N) is 2. The fraction of sp³-hybridized carbons (Fsp3) is 0.222. The fourth-order valence-electron chi connectivity index (χ4n) is 4.14. The van der Waals surface area contributed by atoms with E-state index in [9.17, 15) is 12.8 Å². The lowest BCUT2D eigenvalue weighted by Crippen LogP contribution is -2.15. The van der Waals surface area contributed by atoms with Gasteiger partial charge in [-0.2, -0.15) is 0 Å². The molecule has 0 aliphatic rings. The van der Waals surface area contributed by atoms with Gasteiger partial charge in [-0.1, -0.05) is 35.0 Å². The van der Waals surface area contributed by atoms with Crippen LogP contribution in [0, 0.1) is 12.7 Å². The minimum atomic E-state index is -3.66. The first kappa shape index (κ1) is 24.4. The van der Waals surface area contributed by atoms with Crippen LogP contribution in [0.25, 0.3) is 21.1 Å². The van der Waals surface area contributed by atoms with Gasteiger partial charge in [0.15, 0.2) is 5.58 Å². The van der Waals surface area contributed by atoms with Crippen LogP contribution in [-0.2, 0) is 23.0 Å². The molecule has 0 saturated heterocycles. The minimum Gasteiger partial charge on any atom is -0.356 e. The Morgan fingerprint density at radius 3 is 2.81 bits per heavy atom. The molecule has 0 aliphatic heterocycles. The number of nitrogens with zero attached hydrogens (tertiary/aromatic N) is 1. The molecule has 2 N–H and O–H groups in total. The molecule has 0 fully saturated rings. The van der Waals surface area contributed by atoms with Crippen LogP contribution in [0.1, 0.15) is 29.7 Å². The van der Waals surface area contributed by atoms with E-state index in [1.807, 2.05) is 43.3 Å². The molecule has 6 nitrogen and oxygen atoms in total. The first-order valence-electron chi connectivity index (χ1n) is 11.7. The zero-order valence-corrected chi connectivity index (χ0v) is 21.4. The Bertz CT molecular complexity index is 1630. The average Bonchev–Trinajstić information content (AvgIpc) is 3.45. The van der Waals surface area contributed by atoms with Crippen LogP contribution < -0.4 is 10.0 Å². The summed E-state index contributed by atoms with van der Waals surface area (Å²) in [5.41, 5.74) is 3.95. The maximum Gasteiger partial charge on any atom is 0.271 e. The maximum absolute atomic E-state index is 13.3. The van der Waals surface area contributed by atoms with E-state index in [1.165, 1.54) is 23.5 Å². The summed E-state index contributed by atoms with van der Waals surface area (Å²) in [5, 5.41) is 9.25. The van der Waals surface area contributed by atoms with Crippen molar-refractivity contribution in [1.82, 2.24) is 10.5 Å². The molecule has 9 heteroatoms. The van der Waals surface area contributed by atoms with Crippen molar-refractivity contribution in [3.63, 3.8) is 0 Å². The number of benzene rings is 3. The second kappa shape index (κ2) is 10.4. The number of thiophene rings is 1. The minimum absolute atomic E-state index is 0.302. The topological polar surface area (TPSA) is 84.2 Å². The molecule has 0 unspecified atom stereocenters. The predicted molar refractivity (Wildman–Crippen MR) is 142 cm³/mol. The molecule has 0 amide bonds. The zero-order valence-electron chi connectivity index (χ0n) is 19.8. The van der Waals surface area contributed by atoms with Crippen molar-refractivity contribution >= 4 is 48.1 Å². The van der Waals surface area contributed by atoms with Gasteiger partial charge in [-0.05, 0) is 80.1 Å². The third-order valence-electron chi connectivity index (χ3n) is 5.95. The molecule has 5 aromatic rings. The maximum atomic E-state index is 13.3. The number of unbranched alkanes of at least 4 members (excludes halogenated alkanes) is 1. The van der Waals surface area contributed by atoms with Gasteiger partial charge in [-0.15, -0.1) is 11.3 Å². The highest BCUT2D eigenvalue weighted by molar-refractivity contribution is 7.94. The van der Waals surface area contributed by atoms with Crippen LogP contribution in [0.2, 0.25) is 0 Å². The van der Waals surface area contributed by atoms with E-state index in [0.717, 1.165) is 58.1 Å². The lowest BCUT2D eigenvalue weighted by molar-refractivity contribution is 0.442. The summed E-state index contributed by atoms with van der Waals surface area (Å²) in [5.74, 6) is -0.332. The van der Waals surface area contributed by atoms with E-state index in [0.29, 0.717) is 22.0 Å².